The molecule has 0 saturated carbocycles. The van der Waals surface area contributed by atoms with E-state index in [1.807, 2.05) is 0 Å². The Morgan fingerprint density at radius 1 is 1.21 bits per heavy atom. The molecule has 0 fully saturated rings. The number of hydrogen-bond acceptors (Lipinski definition) is 5. The largest absolute Gasteiger partial charge is 0.573 e. The molecule has 0 aliphatic heterocycles. The van der Waals surface area contributed by atoms with Crippen LogP contribution in [0, 0.1) is 5.82 Å². The molecule has 2 N–H and O–H groups in total. The van der Waals surface area contributed by atoms with Gasteiger partial charge >= 0.3 is 12.4 Å². The molecule has 0 atom stereocenters. The molecule has 2 aromatic rings. The van der Waals surface area contributed by atoms with E-state index in [0.717, 1.165) is 0 Å². The van der Waals surface area contributed by atoms with Gasteiger partial charge in [0.2, 0.25) is 5.88 Å². The molecule has 0 aliphatic carbocycles. The normalized spacial score (nSPS) is 11.8. The zero-order valence-corrected chi connectivity index (χ0v) is 10.3. The maximum atomic E-state index is 13.8. The van der Waals surface area contributed by atoms with Crippen molar-refractivity contribution >= 4 is 26.8 Å². The molecular formula is C9H3BrF4N2O3. The zero-order valence-electron chi connectivity index (χ0n) is 8.66. The van der Waals surface area contributed by atoms with E-state index in [-0.39, 0.29) is 0 Å². The fourth-order valence-corrected chi connectivity index (χ4v) is 1.73. The van der Waals surface area contributed by atoms with E-state index < -0.39 is 45.2 Å². The molecule has 1 aromatic heterocycles. The van der Waals surface area contributed by atoms with Gasteiger partial charge in [0.15, 0.2) is 5.82 Å². The third kappa shape index (κ3) is 2.62. The average molecular weight is 343 g/mol. The van der Waals surface area contributed by atoms with Crippen LogP contribution in [0.25, 0.3) is 10.9 Å². The highest BCUT2D eigenvalue weighted by molar-refractivity contribution is 9.10. The van der Waals surface area contributed by atoms with Gasteiger partial charge in [-0.2, -0.15) is 9.97 Å². The molecule has 0 amide bonds. The Kier molecular flexibility index (Phi) is 3.12. The highest BCUT2D eigenvalue weighted by Gasteiger charge is 2.33. The molecule has 1 aromatic carbocycles. The standard InChI is InChI=1S/C9H3BrF4N2O3/c10-4-3(19-9(12,13)14)1-2-6(5(4)11)15-8(18)16-7(2)17/h1H,(H2,15,16,17,18). The van der Waals surface area contributed by atoms with Gasteiger partial charge in [-0.25, -0.2) is 4.39 Å². The number of fused-ring (bicyclic) bond motifs is 1. The summed E-state index contributed by atoms with van der Waals surface area (Å²) in [5, 5.41) is 17.9. The number of nitrogens with zero attached hydrogens (tertiary/aromatic N) is 2. The van der Waals surface area contributed by atoms with Crippen molar-refractivity contribution in [2.24, 2.45) is 0 Å². The minimum Gasteiger partial charge on any atom is -0.493 e. The summed E-state index contributed by atoms with van der Waals surface area (Å²) in [5.41, 5.74) is -0.550. The zero-order chi connectivity index (χ0) is 14.4. The first-order valence-electron chi connectivity index (χ1n) is 4.52. The number of aromatic hydroxyl groups is 2. The summed E-state index contributed by atoms with van der Waals surface area (Å²) in [5.74, 6) is -3.01. The molecule has 10 heteroatoms. The molecule has 0 spiro atoms. The van der Waals surface area contributed by atoms with Crippen molar-refractivity contribution in [1.82, 2.24) is 9.97 Å². The van der Waals surface area contributed by atoms with Crippen LogP contribution in [-0.4, -0.2) is 26.5 Å². The molecule has 0 unspecified atom stereocenters. The summed E-state index contributed by atoms with van der Waals surface area (Å²) in [6.07, 6.45) is -5.03. The van der Waals surface area contributed by atoms with Gasteiger partial charge in [0.1, 0.15) is 11.3 Å². The third-order valence-electron chi connectivity index (χ3n) is 2.03. The minimum atomic E-state index is -5.03. The summed E-state index contributed by atoms with van der Waals surface area (Å²) in [7, 11) is 0. The average Bonchev–Trinajstić information content (AvgIpc) is 2.25. The van der Waals surface area contributed by atoms with E-state index in [0.29, 0.717) is 6.07 Å². The van der Waals surface area contributed by atoms with E-state index in [4.69, 9.17) is 5.11 Å². The van der Waals surface area contributed by atoms with Crippen LogP contribution < -0.4 is 4.74 Å². The van der Waals surface area contributed by atoms with E-state index in [9.17, 15) is 22.7 Å². The molecule has 2 rings (SSSR count). The predicted molar refractivity (Wildman–Crippen MR) is 57.2 cm³/mol. The van der Waals surface area contributed by atoms with E-state index in [2.05, 4.69) is 30.6 Å². The first-order valence-corrected chi connectivity index (χ1v) is 5.32. The summed E-state index contributed by atoms with van der Waals surface area (Å²) in [6, 6.07) is -0.217. The number of ether oxygens (including phenoxy) is 1. The molecule has 0 aliphatic rings. The number of hydrogen-bond donors (Lipinski definition) is 2. The predicted octanol–water partition coefficient (Wildman–Crippen LogP) is 2.84. The molecule has 19 heavy (non-hydrogen) atoms. The van der Waals surface area contributed by atoms with Crippen LogP contribution in [0.2, 0.25) is 0 Å². The summed E-state index contributed by atoms with van der Waals surface area (Å²) in [4.78, 5) is 6.37. The van der Waals surface area contributed by atoms with Crippen LogP contribution in [0.1, 0.15) is 0 Å². The highest BCUT2D eigenvalue weighted by Crippen LogP contribution is 2.38. The van der Waals surface area contributed by atoms with Gasteiger partial charge in [-0.3, -0.25) is 0 Å². The van der Waals surface area contributed by atoms with E-state index >= 15 is 0 Å². The van der Waals surface area contributed by atoms with Gasteiger partial charge in [-0.05, 0) is 22.0 Å². The van der Waals surface area contributed by atoms with Crippen LogP contribution in [0.3, 0.4) is 0 Å². The van der Waals surface area contributed by atoms with Crippen LogP contribution in [0.15, 0.2) is 10.5 Å². The Morgan fingerprint density at radius 3 is 2.42 bits per heavy atom. The first kappa shape index (κ1) is 13.6. The number of halogens is 5. The molecule has 0 bridgehead atoms. The third-order valence-corrected chi connectivity index (χ3v) is 2.77. The van der Waals surface area contributed by atoms with Gasteiger partial charge < -0.3 is 14.9 Å². The maximum absolute atomic E-state index is 13.8. The van der Waals surface area contributed by atoms with Gasteiger partial charge in [-0.15, -0.1) is 13.2 Å². The fourth-order valence-electron chi connectivity index (χ4n) is 1.35. The van der Waals surface area contributed by atoms with Crippen molar-refractivity contribution in [2.45, 2.75) is 6.36 Å². The molecule has 0 radical (unpaired) electrons. The minimum absolute atomic E-state index is 0.433. The highest BCUT2D eigenvalue weighted by atomic mass is 79.9. The quantitative estimate of drug-likeness (QED) is 0.779. The number of benzene rings is 1. The second kappa shape index (κ2) is 4.37. The molecule has 5 nitrogen and oxygen atoms in total. The van der Waals surface area contributed by atoms with Crippen molar-refractivity contribution in [3.8, 4) is 17.6 Å². The Labute approximate surface area is 110 Å². The molecule has 0 saturated heterocycles. The lowest BCUT2D eigenvalue weighted by atomic mass is 10.2. The Morgan fingerprint density at radius 2 is 1.84 bits per heavy atom. The fraction of sp³-hybridized carbons (Fsp3) is 0.111. The topological polar surface area (TPSA) is 75.5 Å². The van der Waals surface area contributed by atoms with Crippen molar-refractivity contribution in [3.05, 3.63) is 16.4 Å². The first-order chi connectivity index (χ1) is 8.69. The van der Waals surface area contributed by atoms with Crippen LogP contribution >= 0.6 is 15.9 Å². The maximum Gasteiger partial charge on any atom is 0.573 e. The van der Waals surface area contributed by atoms with Gasteiger partial charge in [0.05, 0.1) is 9.86 Å². The lowest BCUT2D eigenvalue weighted by Crippen LogP contribution is -2.17. The summed E-state index contributed by atoms with van der Waals surface area (Å²) >= 11 is 2.58. The number of aromatic nitrogens is 2. The number of alkyl halides is 3. The Hall–Kier alpha value is -1.84. The second-order valence-electron chi connectivity index (χ2n) is 3.29. The molecule has 102 valence electrons. The lowest BCUT2D eigenvalue weighted by Gasteiger charge is -2.12. The summed E-state index contributed by atoms with van der Waals surface area (Å²) < 4.78 is 53.1. The lowest BCUT2D eigenvalue weighted by molar-refractivity contribution is -0.274. The second-order valence-corrected chi connectivity index (χ2v) is 4.09. The van der Waals surface area contributed by atoms with Gasteiger partial charge in [0, 0.05) is 0 Å². The smallest absolute Gasteiger partial charge is 0.493 e. The van der Waals surface area contributed by atoms with Crippen molar-refractivity contribution in [1.29, 1.82) is 0 Å². The Bertz CT molecular complexity index is 662. The van der Waals surface area contributed by atoms with Crippen molar-refractivity contribution in [3.63, 3.8) is 0 Å². The Balaban J connectivity index is 2.73. The van der Waals surface area contributed by atoms with Crippen molar-refractivity contribution < 1.29 is 32.5 Å². The number of rotatable bonds is 1. The van der Waals surface area contributed by atoms with Crippen LogP contribution in [0.5, 0.6) is 17.6 Å². The van der Waals surface area contributed by atoms with Gasteiger partial charge in [0.25, 0.3) is 0 Å². The van der Waals surface area contributed by atoms with Gasteiger partial charge in [-0.1, -0.05) is 0 Å². The van der Waals surface area contributed by atoms with E-state index in [1.54, 1.807) is 0 Å². The van der Waals surface area contributed by atoms with E-state index in [1.165, 1.54) is 0 Å². The van der Waals surface area contributed by atoms with Crippen molar-refractivity contribution in [2.75, 3.05) is 0 Å². The summed E-state index contributed by atoms with van der Waals surface area (Å²) in [6.45, 7) is 0. The molecular weight excluding hydrogens is 340 g/mol. The van der Waals surface area contributed by atoms with Crippen LogP contribution in [0.4, 0.5) is 17.6 Å². The SMILES string of the molecule is Oc1nc(O)c2cc(OC(F)(F)F)c(Br)c(F)c2n1. The molecule has 1 heterocycles. The monoisotopic (exact) mass is 342 g/mol. The van der Waals surface area contributed by atoms with Crippen LogP contribution in [-0.2, 0) is 0 Å².